The average Bonchev–Trinajstić information content (AvgIpc) is 2.55. The Labute approximate surface area is 84.7 Å². The molecular formula is C10H10BrNO. The number of phenols is 1. The van der Waals surface area contributed by atoms with Crippen LogP contribution in [0, 0.1) is 0 Å². The molecular weight excluding hydrogens is 230 g/mol. The lowest BCUT2D eigenvalue weighted by Crippen LogP contribution is -1.76. The Hall–Kier alpha value is -0.960. The molecule has 0 radical (unpaired) electrons. The number of hydrogen-bond acceptors (Lipinski definition) is 1. The van der Waals surface area contributed by atoms with Crippen LogP contribution in [0.4, 0.5) is 0 Å². The van der Waals surface area contributed by atoms with Crippen LogP contribution in [0.5, 0.6) is 5.75 Å². The number of benzene rings is 1. The number of H-pyrrole nitrogens is 1. The van der Waals surface area contributed by atoms with E-state index in [0.29, 0.717) is 0 Å². The first-order chi connectivity index (χ1) is 6.24. The van der Waals surface area contributed by atoms with Gasteiger partial charge in [0.25, 0.3) is 0 Å². The highest BCUT2D eigenvalue weighted by Crippen LogP contribution is 2.32. The van der Waals surface area contributed by atoms with Crippen molar-refractivity contribution in [3.8, 4) is 5.75 Å². The van der Waals surface area contributed by atoms with Crippen LogP contribution in [-0.4, -0.2) is 10.1 Å². The van der Waals surface area contributed by atoms with Crippen molar-refractivity contribution in [3.05, 3.63) is 28.4 Å². The summed E-state index contributed by atoms with van der Waals surface area (Å²) in [5, 5.41) is 10.6. The Balaban J connectivity index is 2.81. The van der Waals surface area contributed by atoms with E-state index in [4.69, 9.17) is 0 Å². The molecule has 0 unspecified atom stereocenters. The Morgan fingerprint density at radius 1 is 1.46 bits per heavy atom. The van der Waals surface area contributed by atoms with Gasteiger partial charge in [-0.1, -0.05) is 6.92 Å². The predicted octanol–water partition coefficient (Wildman–Crippen LogP) is 3.20. The van der Waals surface area contributed by atoms with Gasteiger partial charge < -0.3 is 10.1 Å². The van der Waals surface area contributed by atoms with Crippen LogP contribution in [0.1, 0.15) is 12.5 Å². The van der Waals surface area contributed by atoms with Crippen LogP contribution in [0.15, 0.2) is 22.8 Å². The molecule has 0 saturated carbocycles. The fraction of sp³-hybridized carbons (Fsp3) is 0.200. The van der Waals surface area contributed by atoms with Crippen molar-refractivity contribution < 1.29 is 5.11 Å². The third-order valence-electron chi connectivity index (χ3n) is 2.24. The smallest absolute Gasteiger partial charge is 0.131 e. The van der Waals surface area contributed by atoms with E-state index in [2.05, 4.69) is 27.8 Å². The van der Waals surface area contributed by atoms with Crippen molar-refractivity contribution in [2.24, 2.45) is 0 Å². The number of nitrogens with one attached hydrogen (secondary N) is 1. The summed E-state index contributed by atoms with van der Waals surface area (Å²) in [6.07, 6.45) is 2.98. The van der Waals surface area contributed by atoms with E-state index in [1.54, 1.807) is 6.07 Å². The quantitative estimate of drug-likeness (QED) is 0.788. The summed E-state index contributed by atoms with van der Waals surface area (Å²) >= 11 is 3.34. The second-order valence-corrected chi connectivity index (χ2v) is 3.78. The minimum atomic E-state index is 0.275. The second-order valence-electron chi connectivity index (χ2n) is 2.99. The molecule has 2 rings (SSSR count). The molecule has 1 aromatic carbocycles. The Morgan fingerprint density at radius 3 is 2.92 bits per heavy atom. The highest BCUT2D eigenvalue weighted by atomic mass is 79.9. The van der Waals surface area contributed by atoms with Crippen LogP contribution in [-0.2, 0) is 6.42 Å². The number of phenolic OH excluding ortho intramolecular Hbond substituents is 1. The van der Waals surface area contributed by atoms with Gasteiger partial charge in [0, 0.05) is 11.6 Å². The van der Waals surface area contributed by atoms with E-state index >= 15 is 0 Å². The van der Waals surface area contributed by atoms with Gasteiger partial charge >= 0.3 is 0 Å². The number of aromatic nitrogens is 1. The number of aromatic hydroxyl groups is 1. The van der Waals surface area contributed by atoms with Gasteiger partial charge in [0.2, 0.25) is 0 Å². The standard InChI is InChI=1S/C10H10BrNO/c1-2-6-5-12-10-7(6)3-4-8(13)9(10)11/h3-5,12-13H,2H2,1H3. The van der Waals surface area contributed by atoms with Gasteiger partial charge in [-0.3, -0.25) is 0 Å². The lowest BCUT2D eigenvalue weighted by Gasteiger charge is -1.98. The molecule has 0 atom stereocenters. The van der Waals surface area contributed by atoms with Crippen molar-refractivity contribution in [2.45, 2.75) is 13.3 Å². The molecule has 0 aliphatic carbocycles. The van der Waals surface area contributed by atoms with Crippen LogP contribution in [0.2, 0.25) is 0 Å². The highest BCUT2D eigenvalue weighted by Gasteiger charge is 2.07. The Morgan fingerprint density at radius 2 is 2.23 bits per heavy atom. The molecule has 0 fully saturated rings. The first-order valence-corrected chi connectivity index (χ1v) is 5.00. The van der Waals surface area contributed by atoms with Gasteiger partial charge in [-0.15, -0.1) is 0 Å². The van der Waals surface area contributed by atoms with Gasteiger partial charge in [0.1, 0.15) is 5.75 Å². The molecule has 2 N–H and O–H groups in total. The first-order valence-electron chi connectivity index (χ1n) is 4.21. The molecule has 68 valence electrons. The predicted molar refractivity (Wildman–Crippen MR) is 57.0 cm³/mol. The number of fused-ring (bicyclic) bond motifs is 1. The van der Waals surface area contributed by atoms with Crippen molar-refractivity contribution in [1.29, 1.82) is 0 Å². The van der Waals surface area contributed by atoms with Crippen molar-refractivity contribution in [3.63, 3.8) is 0 Å². The summed E-state index contributed by atoms with van der Waals surface area (Å²) in [5.74, 6) is 0.275. The second kappa shape index (κ2) is 3.07. The third-order valence-corrected chi connectivity index (χ3v) is 3.04. The zero-order chi connectivity index (χ0) is 9.42. The van der Waals surface area contributed by atoms with Crippen molar-refractivity contribution in [2.75, 3.05) is 0 Å². The maximum absolute atomic E-state index is 9.43. The summed E-state index contributed by atoms with van der Waals surface area (Å²) in [7, 11) is 0. The van der Waals surface area contributed by atoms with E-state index in [0.717, 1.165) is 16.4 Å². The van der Waals surface area contributed by atoms with Gasteiger partial charge in [0.15, 0.2) is 0 Å². The highest BCUT2D eigenvalue weighted by molar-refractivity contribution is 9.10. The maximum Gasteiger partial charge on any atom is 0.131 e. The molecule has 0 bridgehead atoms. The molecule has 0 saturated heterocycles. The van der Waals surface area contributed by atoms with Gasteiger partial charge in [0.05, 0.1) is 9.99 Å². The summed E-state index contributed by atoms with van der Waals surface area (Å²) in [4.78, 5) is 3.14. The van der Waals surface area contributed by atoms with E-state index in [1.807, 2.05) is 12.3 Å². The normalized spacial score (nSPS) is 10.9. The molecule has 2 aromatic rings. The van der Waals surface area contributed by atoms with Gasteiger partial charge in [-0.25, -0.2) is 0 Å². The zero-order valence-electron chi connectivity index (χ0n) is 7.26. The zero-order valence-corrected chi connectivity index (χ0v) is 8.85. The number of halogens is 1. The molecule has 0 aliphatic rings. The molecule has 0 spiro atoms. The molecule has 0 amide bonds. The molecule has 1 heterocycles. The van der Waals surface area contributed by atoms with Crippen molar-refractivity contribution >= 4 is 26.8 Å². The lowest BCUT2D eigenvalue weighted by molar-refractivity contribution is 0.473. The van der Waals surface area contributed by atoms with Gasteiger partial charge in [-0.2, -0.15) is 0 Å². The van der Waals surface area contributed by atoms with E-state index < -0.39 is 0 Å². The fourth-order valence-electron chi connectivity index (χ4n) is 1.50. The van der Waals surface area contributed by atoms with Crippen LogP contribution in [0.3, 0.4) is 0 Å². The van der Waals surface area contributed by atoms with E-state index in [-0.39, 0.29) is 5.75 Å². The fourth-order valence-corrected chi connectivity index (χ4v) is 1.96. The summed E-state index contributed by atoms with van der Waals surface area (Å²) in [6, 6.07) is 3.64. The summed E-state index contributed by atoms with van der Waals surface area (Å²) in [5.41, 5.74) is 2.24. The first kappa shape index (κ1) is 8.63. The Bertz CT molecular complexity index is 447. The SMILES string of the molecule is CCc1c[nH]c2c(Br)c(O)ccc12. The van der Waals surface area contributed by atoms with Crippen LogP contribution in [0.25, 0.3) is 10.9 Å². The number of rotatable bonds is 1. The molecule has 2 nitrogen and oxygen atoms in total. The Kier molecular flexibility index (Phi) is 2.04. The monoisotopic (exact) mass is 239 g/mol. The molecule has 13 heavy (non-hydrogen) atoms. The van der Waals surface area contributed by atoms with E-state index in [1.165, 1.54) is 10.9 Å². The minimum Gasteiger partial charge on any atom is -0.507 e. The minimum absolute atomic E-state index is 0.275. The molecule has 3 heteroatoms. The maximum atomic E-state index is 9.43. The summed E-state index contributed by atoms with van der Waals surface area (Å²) < 4.78 is 0.740. The van der Waals surface area contributed by atoms with Crippen LogP contribution >= 0.6 is 15.9 Å². The largest absolute Gasteiger partial charge is 0.507 e. The van der Waals surface area contributed by atoms with Gasteiger partial charge in [-0.05, 0) is 40.0 Å². The number of aryl methyl sites for hydroxylation is 1. The summed E-state index contributed by atoms with van der Waals surface area (Å²) in [6.45, 7) is 2.11. The van der Waals surface area contributed by atoms with Crippen molar-refractivity contribution in [1.82, 2.24) is 4.98 Å². The molecule has 0 aliphatic heterocycles. The third kappa shape index (κ3) is 1.23. The number of hydrogen-bond donors (Lipinski definition) is 2. The molecule has 1 aromatic heterocycles. The number of aromatic amines is 1. The topological polar surface area (TPSA) is 36.0 Å². The van der Waals surface area contributed by atoms with E-state index in [9.17, 15) is 5.11 Å². The lowest BCUT2D eigenvalue weighted by atomic mass is 10.1. The average molecular weight is 240 g/mol. The van der Waals surface area contributed by atoms with Crippen LogP contribution < -0.4 is 0 Å².